The Morgan fingerprint density at radius 2 is 2.04 bits per heavy atom. The van der Waals surface area contributed by atoms with Crippen molar-refractivity contribution in [1.82, 2.24) is 14.8 Å². The van der Waals surface area contributed by atoms with Gasteiger partial charge in [0.25, 0.3) is 0 Å². The molecule has 0 unspecified atom stereocenters. The van der Waals surface area contributed by atoms with Gasteiger partial charge in [0.2, 0.25) is 0 Å². The molecule has 0 aliphatic heterocycles. The predicted molar refractivity (Wildman–Crippen MR) is 89.4 cm³/mol. The van der Waals surface area contributed by atoms with Crippen molar-refractivity contribution < 1.29 is 15.3 Å². The maximum atomic E-state index is 11.5. The Hall–Kier alpha value is -1.47. The summed E-state index contributed by atoms with van der Waals surface area (Å²) in [5, 5.41) is 36.6. The van der Waals surface area contributed by atoms with Crippen molar-refractivity contribution in [2.24, 2.45) is 11.3 Å². The van der Waals surface area contributed by atoms with E-state index in [4.69, 9.17) is 11.6 Å². The first-order valence-electron chi connectivity index (χ1n) is 7.97. The normalized spacial score (nSPS) is 33.0. The second-order valence-corrected chi connectivity index (χ2v) is 7.31. The maximum Gasteiger partial charge on any atom is 0.137 e. The van der Waals surface area contributed by atoms with Crippen LogP contribution in [0.15, 0.2) is 36.9 Å². The van der Waals surface area contributed by atoms with E-state index in [0.29, 0.717) is 17.9 Å². The summed E-state index contributed by atoms with van der Waals surface area (Å²) in [6, 6.07) is 7.45. The van der Waals surface area contributed by atoms with Crippen molar-refractivity contribution in [2.75, 3.05) is 6.61 Å². The number of aromatic nitrogens is 3. The predicted octanol–water partition coefficient (Wildman–Crippen LogP) is 1.28. The van der Waals surface area contributed by atoms with Crippen LogP contribution in [0.3, 0.4) is 0 Å². The molecule has 0 spiro atoms. The van der Waals surface area contributed by atoms with E-state index in [1.54, 1.807) is 11.6 Å². The number of hydrogen-bond acceptors (Lipinski definition) is 5. The van der Waals surface area contributed by atoms with Crippen molar-refractivity contribution in [3.63, 3.8) is 0 Å². The Balaban J connectivity index is 1.92. The summed E-state index contributed by atoms with van der Waals surface area (Å²) in [4.78, 5) is 3.91. The Morgan fingerprint density at radius 3 is 2.62 bits per heavy atom. The minimum absolute atomic E-state index is 0.166. The molecule has 1 aliphatic carbocycles. The highest BCUT2D eigenvalue weighted by molar-refractivity contribution is 6.30. The quantitative estimate of drug-likeness (QED) is 0.755. The number of benzene rings is 1. The first kappa shape index (κ1) is 17.4. The standard InChI is InChI=1S/C17H22ClN3O3/c1-16(9-22)15(23)7-13(6-12-2-4-14(18)5-3-12)17(16,24)8-21-11-19-10-20-21/h2-5,10-11,13,15,22-24H,6-9H2,1H3/t13-,15+,16+,17+/m0/s1. The van der Waals surface area contributed by atoms with Crippen LogP contribution in [0.1, 0.15) is 18.9 Å². The second-order valence-electron chi connectivity index (χ2n) is 6.87. The summed E-state index contributed by atoms with van der Waals surface area (Å²) in [6.07, 6.45) is 3.12. The molecule has 1 fully saturated rings. The first-order valence-corrected chi connectivity index (χ1v) is 8.35. The van der Waals surface area contributed by atoms with Crippen LogP contribution in [-0.2, 0) is 13.0 Å². The van der Waals surface area contributed by atoms with Crippen LogP contribution in [0, 0.1) is 11.3 Å². The van der Waals surface area contributed by atoms with Gasteiger partial charge in [-0.3, -0.25) is 4.68 Å². The minimum atomic E-state index is -1.31. The number of aliphatic hydroxyl groups excluding tert-OH is 2. The molecule has 1 aromatic heterocycles. The average molecular weight is 352 g/mol. The van der Waals surface area contributed by atoms with Gasteiger partial charge in [-0.15, -0.1) is 0 Å². The van der Waals surface area contributed by atoms with Gasteiger partial charge in [0.1, 0.15) is 12.7 Å². The molecular formula is C17H22ClN3O3. The molecule has 2 aromatic rings. The van der Waals surface area contributed by atoms with Crippen molar-refractivity contribution in [3.05, 3.63) is 47.5 Å². The summed E-state index contributed by atoms with van der Waals surface area (Å²) in [5.74, 6) is -0.227. The van der Waals surface area contributed by atoms with Gasteiger partial charge in [-0.1, -0.05) is 30.7 Å². The molecule has 6 nitrogen and oxygen atoms in total. The van der Waals surface area contributed by atoms with E-state index < -0.39 is 17.1 Å². The zero-order valence-corrected chi connectivity index (χ0v) is 14.3. The second kappa shape index (κ2) is 6.44. The molecular weight excluding hydrogens is 330 g/mol. The lowest BCUT2D eigenvalue weighted by Crippen LogP contribution is -2.55. The zero-order chi connectivity index (χ0) is 17.4. The fourth-order valence-corrected chi connectivity index (χ4v) is 3.88. The maximum absolute atomic E-state index is 11.5. The van der Waals surface area contributed by atoms with E-state index in [9.17, 15) is 15.3 Å². The molecule has 1 heterocycles. The van der Waals surface area contributed by atoms with E-state index in [-0.39, 0.29) is 19.1 Å². The summed E-state index contributed by atoms with van der Waals surface area (Å²) in [7, 11) is 0. The number of rotatable bonds is 5. The lowest BCUT2D eigenvalue weighted by molar-refractivity contribution is -0.142. The molecule has 3 N–H and O–H groups in total. The molecule has 4 atom stereocenters. The van der Waals surface area contributed by atoms with Gasteiger partial charge in [-0.05, 0) is 36.5 Å². The van der Waals surface area contributed by atoms with Gasteiger partial charge in [-0.2, -0.15) is 5.10 Å². The van der Waals surface area contributed by atoms with Crippen LogP contribution >= 0.6 is 11.6 Å². The highest BCUT2D eigenvalue weighted by atomic mass is 35.5. The molecule has 24 heavy (non-hydrogen) atoms. The van der Waals surface area contributed by atoms with Crippen molar-refractivity contribution >= 4 is 11.6 Å². The van der Waals surface area contributed by atoms with Gasteiger partial charge in [0, 0.05) is 10.4 Å². The summed E-state index contributed by atoms with van der Waals surface area (Å²) in [6.45, 7) is 1.58. The SMILES string of the molecule is C[C@@]1(CO)[C@H](O)C[C@H](Cc2ccc(Cl)cc2)[C@]1(O)Cn1cncn1. The topological polar surface area (TPSA) is 91.4 Å². The van der Waals surface area contributed by atoms with E-state index in [2.05, 4.69) is 10.1 Å². The Labute approximate surface area is 145 Å². The average Bonchev–Trinajstić information content (AvgIpc) is 3.12. The minimum Gasteiger partial charge on any atom is -0.396 e. The molecule has 0 amide bonds. The number of aliphatic hydroxyl groups is 3. The molecule has 0 saturated heterocycles. The van der Waals surface area contributed by atoms with E-state index in [0.717, 1.165) is 5.56 Å². The number of hydrogen-bond donors (Lipinski definition) is 3. The van der Waals surface area contributed by atoms with Crippen molar-refractivity contribution in [2.45, 2.75) is 38.0 Å². The van der Waals surface area contributed by atoms with Gasteiger partial charge in [-0.25, -0.2) is 4.98 Å². The highest BCUT2D eigenvalue weighted by Gasteiger charge is 2.61. The zero-order valence-electron chi connectivity index (χ0n) is 13.5. The lowest BCUT2D eigenvalue weighted by Gasteiger charge is -2.42. The van der Waals surface area contributed by atoms with Crippen molar-refractivity contribution in [1.29, 1.82) is 0 Å². The fraction of sp³-hybridized carbons (Fsp3) is 0.529. The third kappa shape index (κ3) is 2.84. The lowest BCUT2D eigenvalue weighted by atomic mass is 9.71. The molecule has 1 saturated carbocycles. The van der Waals surface area contributed by atoms with Crippen LogP contribution in [-0.4, -0.2) is 48.4 Å². The Morgan fingerprint density at radius 1 is 1.33 bits per heavy atom. The van der Waals surface area contributed by atoms with Crippen LogP contribution in [0.2, 0.25) is 5.02 Å². The van der Waals surface area contributed by atoms with Gasteiger partial charge in [0.05, 0.1) is 24.9 Å². The third-order valence-electron chi connectivity index (χ3n) is 5.50. The van der Waals surface area contributed by atoms with Crippen LogP contribution in [0.4, 0.5) is 0 Å². The highest BCUT2D eigenvalue weighted by Crippen LogP contribution is 2.51. The molecule has 7 heteroatoms. The van der Waals surface area contributed by atoms with E-state index >= 15 is 0 Å². The molecule has 0 radical (unpaired) electrons. The van der Waals surface area contributed by atoms with E-state index in [1.165, 1.54) is 12.7 Å². The van der Waals surface area contributed by atoms with Crippen LogP contribution < -0.4 is 0 Å². The van der Waals surface area contributed by atoms with Crippen LogP contribution in [0.5, 0.6) is 0 Å². The first-order chi connectivity index (χ1) is 11.4. The molecule has 0 bridgehead atoms. The number of nitrogens with zero attached hydrogens (tertiary/aromatic N) is 3. The summed E-state index contributed by atoms with van der Waals surface area (Å²) in [5.41, 5.74) is -1.32. The Bertz CT molecular complexity index is 679. The van der Waals surface area contributed by atoms with Gasteiger partial charge >= 0.3 is 0 Å². The molecule has 1 aromatic carbocycles. The van der Waals surface area contributed by atoms with Gasteiger partial charge in [0.15, 0.2) is 0 Å². The van der Waals surface area contributed by atoms with E-state index in [1.807, 2.05) is 24.3 Å². The smallest absolute Gasteiger partial charge is 0.137 e. The molecule has 1 aliphatic rings. The largest absolute Gasteiger partial charge is 0.396 e. The van der Waals surface area contributed by atoms with Crippen LogP contribution in [0.25, 0.3) is 0 Å². The molecule has 3 rings (SSSR count). The summed E-state index contributed by atoms with van der Waals surface area (Å²) >= 11 is 5.93. The monoisotopic (exact) mass is 351 g/mol. The fourth-order valence-electron chi connectivity index (χ4n) is 3.75. The van der Waals surface area contributed by atoms with Gasteiger partial charge < -0.3 is 15.3 Å². The number of halogens is 1. The Kier molecular flexibility index (Phi) is 4.66. The summed E-state index contributed by atoms with van der Waals surface area (Å²) < 4.78 is 1.54. The van der Waals surface area contributed by atoms with Crippen molar-refractivity contribution in [3.8, 4) is 0 Å². The molecule has 130 valence electrons. The third-order valence-corrected chi connectivity index (χ3v) is 5.75.